The highest BCUT2D eigenvalue weighted by molar-refractivity contribution is 7.19. The molecule has 1 amide bonds. The van der Waals surface area contributed by atoms with Gasteiger partial charge in [0, 0.05) is 36.2 Å². The molecule has 1 saturated heterocycles. The molecule has 0 unspecified atom stereocenters. The van der Waals surface area contributed by atoms with E-state index in [9.17, 15) is 4.79 Å². The van der Waals surface area contributed by atoms with Crippen molar-refractivity contribution in [3.05, 3.63) is 71.3 Å². The van der Waals surface area contributed by atoms with Gasteiger partial charge < -0.3 is 14.8 Å². The molecular formula is C31H37N3O3S. The lowest BCUT2D eigenvalue weighted by Gasteiger charge is -2.49. The van der Waals surface area contributed by atoms with E-state index in [1.165, 1.54) is 4.88 Å². The fourth-order valence-corrected chi connectivity index (χ4v) is 7.92. The Morgan fingerprint density at radius 2 is 1.97 bits per heavy atom. The van der Waals surface area contributed by atoms with Crippen LogP contribution in [0, 0.1) is 0 Å². The van der Waals surface area contributed by atoms with Crippen molar-refractivity contribution in [1.82, 2.24) is 15.2 Å². The maximum atomic E-state index is 13.3. The molecule has 1 atom stereocenters. The predicted molar refractivity (Wildman–Crippen MR) is 152 cm³/mol. The number of amides is 1. The molecule has 3 aliphatic rings. The molecule has 1 aromatic carbocycles. The van der Waals surface area contributed by atoms with Gasteiger partial charge in [-0.25, -0.2) is 4.98 Å². The number of aryl methyl sites for hydroxylation is 1. The van der Waals surface area contributed by atoms with Crippen molar-refractivity contribution in [3.8, 4) is 5.75 Å². The monoisotopic (exact) mass is 531 g/mol. The number of thiophene rings is 1. The lowest BCUT2D eigenvalue weighted by molar-refractivity contribution is -0.122. The summed E-state index contributed by atoms with van der Waals surface area (Å²) in [5.41, 5.74) is 2.43. The first-order valence-corrected chi connectivity index (χ1v) is 14.8. The maximum Gasteiger partial charge on any atom is 0.227 e. The molecule has 1 aliphatic heterocycles. The molecule has 7 heteroatoms. The molecule has 0 bridgehead atoms. The Balaban J connectivity index is 1.18. The van der Waals surface area contributed by atoms with Crippen LogP contribution in [0.5, 0.6) is 5.75 Å². The minimum absolute atomic E-state index is 0.0968. The number of nitrogens with one attached hydrogen (secondary N) is 1. The number of rotatable bonds is 8. The van der Waals surface area contributed by atoms with E-state index in [1.807, 2.05) is 42.6 Å². The van der Waals surface area contributed by atoms with E-state index < -0.39 is 0 Å². The second-order valence-corrected chi connectivity index (χ2v) is 11.9. The second kappa shape index (κ2) is 11.2. The summed E-state index contributed by atoms with van der Waals surface area (Å²) in [5.74, 6) is 0.837. The Hall–Kier alpha value is -2.74. The average molecular weight is 532 g/mol. The Morgan fingerprint density at radius 1 is 1.18 bits per heavy atom. The molecule has 6 nitrogen and oxygen atoms in total. The summed E-state index contributed by atoms with van der Waals surface area (Å²) in [6.07, 6.45) is 11.1. The smallest absolute Gasteiger partial charge is 0.227 e. The summed E-state index contributed by atoms with van der Waals surface area (Å²) >= 11 is 1.72. The summed E-state index contributed by atoms with van der Waals surface area (Å²) in [6, 6.07) is 12.1. The highest BCUT2D eigenvalue weighted by atomic mass is 32.1. The van der Waals surface area contributed by atoms with Gasteiger partial charge in [0.2, 0.25) is 5.91 Å². The third-order valence-corrected chi connectivity index (χ3v) is 9.84. The van der Waals surface area contributed by atoms with Gasteiger partial charge in [-0.15, -0.1) is 17.9 Å². The first-order valence-electron chi connectivity index (χ1n) is 14.0. The maximum absolute atomic E-state index is 13.3. The predicted octanol–water partition coefficient (Wildman–Crippen LogP) is 5.61. The van der Waals surface area contributed by atoms with E-state index in [4.69, 9.17) is 9.47 Å². The highest BCUT2D eigenvalue weighted by Crippen LogP contribution is 2.47. The number of carbonyl (C=O) groups excluding carboxylic acids is 1. The zero-order valence-electron chi connectivity index (χ0n) is 22.0. The fraction of sp³-hybridized carbons (Fsp3) is 0.484. The average Bonchev–Trinajstić information content (AvgIpc) is 3.54. The van der Waals surface area contributed by atoms with Crippen molar-refractivity contribution in [2.45, 2.75) is 69.1 Å². The molecule has 1 N–H and O–H groups in total. The second-order valence-electron chi connectivity index (χ2n) is 10.9. The van der Waals surface area contributed by atoms with Crippen molar-refractivity contribution in [2.24, 2.45) is 0 Å². The number of aromatic nitrogens is 1. The van der Waals surface area contributed by atoms with Crippen LogP contribution in [0.3, 0.4) is 0 Å². The molecule has 1 saturated carbocycles. The van der Waals surface area contributed by atoms with E-state index in [0.717, 1.165) is 98.3 Å². The third kappa shape index (κ3) is 4.99. The molecule has 6 rings (SSSR count). The van der Waals surface area contributed by atoms with E-state index in [1.54, 1.807) is 11.3 Å². The molecule has 200 valence electrons. The standard InChI is InChI=1S/C31H37N3O3S/c1-2-13-31(34-17-19-36-20-18-34)14-10-23(11-15-31)37-25-12-16-32-30-28(25)27-24(8-9-26(27)38-30)29(35)33-21-22-6-4-3-5-7-22/h2-7,12,16,23-24H,1,8-11,13-15,17-21H2,(H,33,35)/t23?,24-,31?/m0/s1. The van der Waals surface area contributed by atoms with Crippen LogP contribution < -0.4 is 10.1 Å². The quantitative estimate of drug-likeness (QED) is 0.383. The van der Waals surface area contributed by atoms with Crippen molar-refractivity contribution in [2.75, 3.05) is 26.3 Å². The third-order valence-electron chi connectivity index (χ3n) is 8.67. The molecule has 3 heterocycles. The number of ether oxygens (including phenoxy) is 2. The minimum atomic E-state index is -0.151. The zero-order chi connectivity index (χ0) is 26.0. The van der Waals surface area contributed by atoms with Crippen molar-refractivity contribution < 1.29 is 14.3 Å². The number of nitrogens with zero attached hydrogens (tertiary/aromatic N) is 2. The topological polar surface area (TPSA) is 63.7 Å². The van der Waals surface area contributed by atoms with Gasteiger partial charge >= 0.3 is 0 Å². The Bertz CT molecular complexity index is 1280. The molecule has 0 radical (unpaired) electrons. The number of carbonyl (C=O) groups is 1. The largest absolute Gasteiger partial charge is 0.490 e. The number of hydrogen-bond acceptors (Lipinski definition) is 6. The summed E-state index contributed by atoms with van der Waals surface area (Å²) in [7, 11) is 0. The van der Waals surface area contributed by atoms with E-state index in [0.29, 0.717) is 6.54 Å². The van der Waals surface area contributed by atoms with Crippen molar-refractivity contribution >= 4 is 27.5 Å². The van der Waals surface area contributed by atoms with Crippen LogP contribution in [-0.4, -0.2) is 53.7 Å². The SMILES string of the molecule is C=CCC1(N2CCOCC2)CCC(Oc2ccnc3sc4c(c23)[C@@H](C(=O)NCc2ccccc2)CC4)CC1. The lowest BCUT2D eigenvalue weighted by atomic mass is 9.76. The van der Waals surface area contributed by atoms with Crippen molar-refractivity contribution in [3.63, 3.8) is 0 Å². The van der Waals surface area contributed by atoms with Gasteiger partial charge in [0.1, 0.15) is 10.6 Å². The molecular weight excluding hydrogens is 494 g/mol. The Morgan fingerprint density at radius 3 is 2.74 bits per heavy atom. The first-order chi connectivity index (χ1) is 18.7. The van der Waals surface area contributed by atoms with Gasteiger partial charge in [-0.1, -0.05) is 36.4 Å². The van der Waals surface area contributed by atoms with Gasteiger partial charge in [-0.2, -0.15) is 0 Å². The normalized spacial score (nSPS) is 25.7. The zero-order valence-corrected chi connectivity index (χ0v) is 22.8. The van der Waals surface area contributed by atoms with Crippen LogP contribution in [0.1, 0.15) is 60.4 Å². The van der Waals surface area contributed by atoms with Gasteiger partial charge in [-0.3, -0.25) is 9.69 Å². The Kier molecular flexibility index (Phi) is 7.50. The number of pyridine rings is 1. The molecule has 2 aromatic heterocycles. The van der Waals surface area contributed by atoms with E-state index in [-0.39, 0.29) is 23.5 Å². The number of benzene rings is 1. The lowest BCUT2D eigenvalue weighted by Crippen LogP contribution is -2.55. The number of morpholine rings is 1. The molecule has 2 fully saturated rings. The summed E-state index contributed by atoms with van der Waals surface area (Å²) in [4.78, 5) is 22.9. The van der Waals surface area contributed by atoms with Gasteiger partial charge in [0.05, 0.1) is 30.6 Å². The summed E-state index contributed by atoms with van der Waals surface area (Å²) in [5, 5.41) is 4.23. The number of fused-ring (bicyclic) bond motifs is 3. The first kappa shape index (κ1) is 25.5. The molecule has 3 aromatic rings. The fourth-order valence-electron chi connectivity index (χ4n) is 6.69. The molecule has 0 spiro atoms. The van der Waals surface area contributed by atoms with Crippen LogP contribution in [-0.2, 0) is 22.5 Å². The highest BCUT2D eigenvalue weighted by Gasteiger charge is 2.41. The minimum Gasteiger partial charge on any atom is -0.490 e. The van der Waals surface area contributed by atoms with E-state index >= 15 is 0 Å². The van der Waals surface area contributed by atoms with Crippen LogP contribution >= 0.6 is 11.3 Å². The molecule has 2 aliphatic carbocycles. The van der Waals surface area contributed by atoms with Gasteiger partial charge in [0.15, 0.2) is 0 Å². The van der Waals surface area contributed by atoms with Crippen LogP contribution in [0.4, 0.5) is 0 Å². The van der Waals surface area contributed by atoms with E-state index in [2.05, 4.69) is 27.9 Å². The van der Waals surface area contributed by atoms with Crippen molar-refractivity contribution in [1.29, 1.82) is 0 Å². The van der Waals surface area contributed by atoms with Crippen LogP contribution in [0.25, 0.3) is 10.2 Å². The van der Waals surface area contributed by atoms with Gasteiger partial charge in [0.25, 0.3) is 0 Å². The van der Waals surface area contributed by atoms with Crippen LogP contribution in [0.2, 0.25) is 0 Å². The summed E-state index contributed by atoms with van der Waals surface area (Å²) in [6.45, 7) is 8.25. The number of hydrogen-bond donors (Lipinski definition) is 1. The molecule has 38 heavy (non-hydrogen) atoms. The van der Waals surface area contributed by atoms with Gasteiger partial charge in [-0.05, 0) is 62.1 Å². The Labute approximate surface area is 229 Å². The summed E-state index contributed by atoms with van der Waals surface area (Å²) < 4.78 is 12.4. The van der Waals surface area contributed by atoms with Crippen LogP contribution in [0.15, 0.2) is 55.3 Å².